The van der Waals surface area contributed by atoms with Gasteiger partial charge in [0.15, 0.2) is 0 Å². The molecule has 0 spiro atoms. The quantitative estimate of drug-likeness (QED) is 0.877. The zero-order chi connectivity index (χ0) is 15.0. The van der Waals surface area contributed by atoms with Crippen LogP contribution in [0, 0.1) is 11.3 Å². The normalized spacial score (nSPS) is 28.9. The summed E-state index contributed by atoms with van der Waals surface area (Å²) in [5, 5.41) is 3.43. The van der Waals surface area contributed by atoms with E-state index in [0.29, 0.717) is 5.92 Å². The van der Waals surface area contributed by atoms with Crippen LogP contribution in [0.15, 0.2) is 28.7 Å². The molecule has 1 aliphatic rings. The van der Waals surface area contributed by atoms with E-state index < -0.39 is 5.54 Å². The molecule has 1 saturated carbocycles. The summed E-state index contributed by atoms with van der Waals surface area (Å²) in [6.07, 6.45) is 2.67. The third-order valence-corrected chi connectivity index (χ3v) is 4.79. The van der Waals surface area contributed by atoms with Crippen LogP contribution in [0.25, 0.3) is 0 Å². The first-order valence-corrected chi connectivity index (χ1v) is 7.86. The lowest BCUT2D eigenvalue weighted by molar-refractivity contribution is -0.125. The van der Waals surface area contributed by atoms with Crippen LogP contribution in [0.5, 0.6) is 0 Å². The number of benzene rings is 1. The van der Waals surface area contributed by atoms with Crippen LogP contribution in [0.4, 0.5) is 5.69 Å². The van der Waals surface area contributed by atoms with Gasteiger partial charge in [0.05, 0.1) is 0 Å². The van der Waals surface area contributed by atoms with Crippen molar-refractivity contribution >= 4 is 27.5 Å². The van der Waals surface area contributed by atoms with Gasteiger partial charge in [-0.1, -0.05) is 32.9 Å². The van der Waals surface area contributed by atoms with Crippen LogP contribution < -0.4 is 11.1 Å². The van der Waals surface area contributed by atoms with E-state index in [1.807, 2.05) is 24.3 Å². The van der Waals surface area contributed by atoms with Crippen LogP contribution in [0.1, 0.15) is 40.0 Å². The minimum Gasteiger partial charge on any atom is -0.370 e. The fourth-order valence-corrected chi connectivity index (χ4v) is 4.12. The van der Waals surface area contributed by atoms with Crippen molar-refractivity contribution in [3.63, 3.8) is 0 Å². The topological polar surface area (TPSA) is 55.1 Å². The van der Waals surface area contributed by atoms with Crippen molar-refractivity contribution in [3.05, 3.63) is 28.7 Å². The Hall–Kier alpha value is -1.03. The number of rotatable bonds is 3. The van der Waals surface area contributed by atoms with Gasteiger partial charge < -0.3 is 11.1 Å². The lowest BCUT2D eigenvalue weighted by atomic mass is 9.64. The Bertz CT molecular complexity index is 515. The molecule has 2 unspecified atom stereocenters. The number of para-hydroxylation sites is 1. The molecule has 1 aliphatic carbocycles. The molecule has 0 heterocycles. The van der Waals surface area contributed by atoms with Crippen molar-refractivity contribution in [1.29, 1.82) is 0 Å². The average molecular weight is 339 g/mol. The smallest absolute Gasteiger partial charge is 0.243 e. The first-order chi connectivity index (χ1) is 9.24. The van der Waals surface area contributed by atoms with E-state index in [-0.39, 0.29) is 11.3 Å². The van der Waals surface area contributed by atoms with Gasteiger partial charge in [0.25, 0.3) is 0 Å². The van der Waals surface area contributed by atoms with Crippen molar-refractivity contribution in [2.75, 3.05) is 5.32 Å². The fraction of sp³-hybridized carbons (Fsp3) is 0.562. The number of anilines is 1. The maximum Gasteiger partial charge on any atom is 0.243 e. The van der Waals surface area contributed by atoms with Crippen molar-refractivity contribution in [1.82, 2.24) is 0 Å². The maximum atomic E-state index is 12.2. The number of halogens is 1. The highest BCUT2D eigenvalue weighted by molar-refractivity contribution is 9.10. The number of primary amides is 1. The molecule has 0 saturated heterocycles. The largest absolute Gasteiger partial charge is 0.370 e. The minimum atomic E-state index is -0.662. The third kappa shape index (κ3) is 3.17. The molecule has 1 aromatic rings. The monoisotopic (exact) mass is 338 g/mol. The van der Waals surface area contributed by atoms with Gasteiger partial charge in [0, 0.05) is 10.2 Å². The summed E-state index contributed by atoms with van der Waals surface area (Å²) in [5.74, 6) is 0.217. The number of hydrogen-bond acceptors (Lipinski definition) is 2. The minimum absolute atomic E-state index is 0.112. The van der Waals surface area contributed by atoms with Crippen molar-refractivity contribution in [2.45, 2.75) is 45.6 Å². The molecule has 110 valence electrons. The SMILES string of the molecule is CC1CC(C)(C)CC(Nc2ccccc2Br)(C(N)=O)C1. The number of carbonyl (C=O) groups excluding carboxylic acids is 1. The predicted octanol–water partition coefficient (Wildman–Crippen LogP) is 3.93. The maximum absolute atomic E-state index is 12.2. The Balaban J connectivity index is 2.36. The highest BCUT2D eigenvalue weighted by Gasteiger charge is 2.47. The van der Waals surface area contributed by atoms with Gasteiger partial charge in [-0.3, -0.25) is 4.79 Å². The molecule has 1 fully saturated rings. The number of nitrogens with one attached hydrogen (secondary N) is 1. The molecular weight excluding hydrogens is 316 g/mol. The molecule has 3 N–H and O–H groups in total. The lowest BCUT2D eigenvalue weighted by Gasteiger charge is -2.46. The highest BCUT2D eigenvalue weighted by Crippen LogP contribution is 2.45. The second-order valence-electron chi connectivity index (χ2n) is 6.91. The number of carbonyl (C=O) groups is 1. The van der Waals surface area contributed by atoms with E-state index >= 15 is 0 Å². The number of amides is 1. The van der Waals surface area contributed by atoms with Crippen LogP contribution in [-0.2, 0) is 4.79 Å². The number of nitrogens with two attached hydrogens (primary N) is 1. The average Bonchev–Trinajstić information content (AvgIpc) is 2.29. The van der Waals surface area contributed by atoms with Gasteiger partial charge in [0.1, 0.15) is 5.54 Å². The van der Waals surface area contributed by atoms with Gasteiger partial charge in [-0.05, 0) is 58.7 Å². The molecular formula is C16H23BrN2O. The second-order valence-corrected chi connectivity index (χ2v) is 7.76. The van der Waals surface area contributed by atoms with Crippen LogP contribution in [0.2, 0.25) is 0 Å². The first-order valence-electron chi connectivity index (χ1n) is 7.07. The molecule has 0 bridgehead atoms. The van der Waals surface area contributed by atoms with E-state index in [9.17, 15) is 4.79 Å². The van der Waals surface area contributed by atoms with Gasteiger partial charge in [-0.2, -0.15) is 0 Å². The van der Waals surface area contributed by atoms with E-state index in [2.05, 4.69) is 42.0 Å². The van der Waals surface area contributed by atoms with Crippen molar-refractivity contribution in [2.24, 2.45) is 17.1 Å². The molecule has 1 aromatic carbocycles. The number of hydrogen-bond donors (Lipinski definition) is 2. The zero-order valence-corrected chi connectivity index (χ0v) is 14.0. The highest BCUT2D eigenvalue weighted by atomic mass is 79.9. The lowest BCUT2D eigenvalue weighted by Crippen LogP contribution is -2.56. The van der Waals surface area contributed by atoms with E-state index in [0.717, 1.165) is 29.4 Å². The van der Waals surface area contributed by atoms with Gasteiger partial charge in [-0.25, -0.2) is 0 Å². The van der Waals surface area contributed by atoms with Crippen LogP contribution in [-0.4, -0.2) is 11.4 Å². The van der Waals surface area contributed by atoms with Crippen molar-refractivity contribution in [3.8, 4) is 0 Å². The Kier molecular flexibility index (Phi) is 4.14. The summed E-state index contributed by atoms with van der Waals surface area (Å²) in [4.78, 5) is 12.2. The molecule has 2 atom stereocenters. The van der Waals surface area contributed by atoms with Gasteiger partial charge in [0.2, 0.25) is 5.91 Å². The van der Waals surface area contributed by atoms with Crippen LogP contribution >= 0.6 is 15.9 Å². The molecule has 20 heavy (non-hydrogen) atoms. The van der Waals surface area contributed by atoms with E-state index in [1.54, 1.807) is 0 Å². The molecule has 0 aromatic heterocycles. The summed E-state index contributed by atoms with van der Waals surface area (Å²) in [6.45, 7) is 6.62. The molecule has 4 heteroatoms. The molecule has 2 rings (SSSR count). The van der Waals surface area contributed by atoms with Crippen LogP contribution in [0.3, 0.4) is 0 Å². The molecule has 0 aliphatic heterocycles. The first kappa shape index (κ1) is 15.4. The standard InChI is InChI=1S/C16H23BrN2O/c1-11-8-15(2,3)10-16(9-11,14(18)20)19-13-7-5-4-6-12(13)17/h4-7,11,19H,8-10H2,1-3H3,(H2,18,20). The fourth-order valence-electron chi connectivity index (χ4n) is 3.74. The predicted molar refractivity (Wildman–Crippen MR) is 86.5 cm³/mol. The second kappa shape index (κ2) is 5.40. The van der Waals surface area contributed by atoms with Gasteiger partial charge >= 0.3 is 0 Å². The molecule has 0 radical (unpaired) electrons. The summed E-state index contributed by atoms with van der Waals surface area (Å²) in [6, 6.07) is 7.86. The Morgan fingerprint density at radius 1 is 1.35 bits per heavy atom. The summed E-state index contributed by atoms with van der Waals surface area (Å²) in [5.41, 5.74) is 6.14. The zero-order valence-electron chi connectivity index (χ0n) is 12.4. The Morgan fingerprint density at radius 3 is 2.55 bits per heavy atom. The van der Waals surface area contributed by atoms with Gasteiger partial charge in [-0.15, -0.1) is 0 Å². The molecule has 3 nitrogen and oxygen atoms in total. The summed E-state index contributed by atoms with van der Waals surface area (Å²) >= 11 is 3.53. The van der Waals surface area contributed by atoms with Crippen molar-refractivity contribution < 1.29 is 4.79 Å². The summed E-state index contributed by atoms with van der Waals surface area (Å²) < 4.78 is 0.955. The Morgan fingerprint density at radius 2 is 2.00 bits per heavy atom. The summed E-state index contributed by atoms with van der Waals surface area (Å²) in [7, 11) is 0. The molecule has 1 amide bonds. The Labute approximate surface area is 129 Å². The van der Waals surface area contributed by atoms with E-state index in [1.165, 1.54) is 0 Å². The van der Waals surface area contributed by atoms with E-state index in [4.69, 9.17) is 5.73 Å². The third-order valence-electron chi connectivity index (χ3n) is 4.10.